The van der Waals surface area contributed by atoms with Gasteiger partial charge < -0.3 is 29.7 Å². The van der Waals surface area contributed by atoms with Gasteiger partial charge in [-0.15, -0.1) is 5.10 Å². The number of hydrogen-bond donors (Lipinski definition) is 3. The molecule has 7 atom stereocenters. The molecule has 1 saturated carbocycles. The topological polar surface area (TPSA) is 130 Å². The highest BCUT2D eigenvalue weighted by molar-refractivity contribution is 9.11. The zero-order valence-corrected chi connectivity index (χ0v) is 26.0. The summed E-state index contributed by atoms with van der Waals surface area (Å²) in [5.41, 5.74) is 0.324. The Kier molecular flexibility index (Phi) is 9.90. The molecule has 2 heterocycles. The Morgan fingerprint density at radius 1 is 1.09 bits per heavy atom. The Balaban J connectivity index is 1.55. The van der Waals surface area contributed by atoms with Gasteiger partial charge in [-0.05, 0) is 43.2 Å². The third-order valence-corrected chi connectivity index (χ3v) is 8.78. The van der Waals surface area contributed by atoms with Crippen LogP contribution in [0.25, 0.3) is 11.3 Å². The maximum absolute atomic E-state index is 14.5. The van der Waals surface area contributed by atoms with E-state index < -0.39 is 72.6 Å². The van der Waals surface area contributed by atoms with E-state index in [0.717, 1.165) is 29.7 Å². The molecule has 0 radical (unpaired) electrons. The van der Waals surface area contributed by atoms with Gasteiger partial charge in [0.05, 0.1) is 24.9 Å². The first-order valence-electron chi connectivity index (χ1n) is 13.5. The maximum atomic E-state index is 14.5. The predicted molar refractivity (Wildman–Crippen MR) is 155 cm³/mol. The normalized spacial score (nSPS) is 27.7. The Bertz CT molecular complexity index is 1440. The number of ether oxygens (including phenoxy) is 2. The molecule has 0 spiro atoms. The summed E-state index contributed by atoms with van der Waals surface area (Å²) in [6.45, 7) is -0.664. The molecule has 1 aromatic heterocycles. The molecule has 1 aliphatic heterocycles. The quantitative estimate of drug-likeness (QED) is 0.312. The second kappa shape index (κ2) is 13.3. The number of carbonyl (C=O) groups is 1. The minimum Gasteiger partial charge on any atom is -0.394 e. The van der Waals surface area contributed by atoms with Gasteiger partial charge in [-0.25, -0.2) is 17.9 Å². The van der Waals surface area contributed by atoms with Crippen molar-refractivity contribution < 1.29 is 42.8 Å². The fourth-order valence-corrected chi connectivity index (χ4v) is 7.08. The minimum atomic E-state index is -1.63. The summed E-state index contributed by atoms with van der Waals surface area (Å²) >= 11 is 6.91. The molecule has 10 nitrogen and oxygen atoms in total. The number of amides is 1. The first kappa shape index (κ1) is 32.0. The van der Waals surface area contributed by atoms with Gasteiger partial charge in [0.15, 0.2) is 23.6 Å². The number of aliphatic hydroxyl groups is 3. The summed E-state index contributed by atoms with van der Waals surface area (Å²) < 4.78 is 55.5. The van der Waals surface area contributed by atoms with Crippen LogP contribution in [-0.4, -0.2) is 86.5 Å². The van der Waals surface area contributed by atoms with Crippen LogP contribution in [-0.2, 0) is 14.3 Å². The van der Waals surface area contributed by atoms with Crippen LogP contribution in [0.5, 0.6) is 0 Å². The Morgan fingerprint density at radius 2 is 1.74 bits per heavy atom. The van der Waals surface area contributed by atoms with Crippen LogP contribution in [0.15, 0.2) is 45.5 Å². The molecule has 0 bridgehead atoms. The molecule has 1 aliphatic carbocycles. The van der Waals surface area contributed by atoms with E-state index in [4.69, 9.17) is 9.47 Å². The van der Waals surface area contributed by atoms with Crippen molar-refractivity contribution in [2.45, 2.75) is 68.3 Å². The van der Waals surface area contributed by atoms with E-state index in [2.05, 4.69) is 42.2 Å². The Morgan fingerprint density at radius 3 is 2.35 bits per heavy atom. The fraction of sp³-hybridized carbons (Fsp3) is 0.464. The molecule has 1 saturated heterocycles. The molecule has 2 fully saturated rings. The second-order valence-corrected chi connectivity index (χ2v) is 12.4. The number of halogens is 5. The van der Waals surface area contributed by atoms with E-state index >= 15 is 0 Å². The number of nitrogens with zero attached hydrogens (tertiary/aromatic N) is 4. The second-order valence-electron chi connectivity index (χ2n) is 10.6. The molecular weight excluding hydrogens is 705 g/mol. The molecular formula is C28H29Br2F3N4O6. The lowest BCUT2D eigenvalue weighted by molar-refractivity contribution is -0.211. The lowest BCUT2D eigenvalue weighted by Crippen LogP contribution is -2.63. The largest absolute Gasteiger partial charge is 0.394 e. The monoisotopic (exact) mass is 732 g/mol. The molecule has 5 rings (SSSR count). The molecule has 3 N–H and O–H groups in total. The van der Waals surface area contributed by atoms with Gasteiger partial charge in [0, 0.05) is 27.3 Å². The van der Waals surface area contributed by atoms with Crippen molar-refractivity contribution in [3.05, 3.63) is 62.9 Å². The highest BCUT2D eigenvalue weighted by Crippen LogP contribution is 2.37. The summed E-state index contributed by atoms with van der Waals surface area (Å²) in [5, 5.41) is 40.2. The van der Waals surface area contributed by atoms with Gasteiger partial charge in [-0.2, -0.15) is 0 Å². The van der Waals surface area contributed by atoms with Crippen LogP contribution in [0.2, 0.25) is 0 Å². The summed E-state index contributed by atoms with van der Waals surface area (Å²) in [6, 6.07) is 5.02. The smallest absolute Gasteiger partial charge is 0.259 e. The van der Waals surface area contributed by atoms with Gasteiger partial charge in [-0.1, -0.05) is 49.9 Å². The van der Waals surface area contributed by atoms with E-state index in [0.29, 0.717) is 27.5 Å². The van der Waals surface area contributed by atoms with Crippen LogP contribution >= 0.6 is 31.9 Å². The molecule has 15 heteroatoms. The highest BCUT2D eigenvalue weighted by atomic mass is 79.9. The van der Waals surface area contributed by atoms with E-state index in [1.807, 2.05) is 0 Å². The van der Waals surface area contributed by atoms with Gasteiger partial charge >= 0.3 is 0 Å². The minimum absolute atomic E-state index is 0.0410. The van der Waals surface area contributed by atoms with Crippen LogP contribution in [0.3, 0.4) is 0 Å². The number of aromatic nitrogens is 3. The molecule has 1 amide bonds. The van der Waals surface area contributed by atoms with E-state index in [1.165, 1.54) is 18.2 Å². The van der Waals surface area contributed by atoms with Crippen LogP contribution in [0.4, 0.5) is 18.9 Å². The van der Waals surface area contributed by atoms with Gasteiger partial charge in [-0.3, -0.25) is 4.79 Å². The number of benzene rings is 2. The molecule has 0 unspecified atom stereocenters. The number of hydrogen-bond acceptors (Lipinski definition) is 8. The molecule has 232 valence electrons. The summed E-state index contributed by atoms with van der Waals surface area (Å²) in [7, 11) is 1.31. The third-order valence-electron chi connectivity index (χ3n) is 7.87. The zero-order valence-electron chi connectivity index (χ0n) is 22.8. The SMILES string of the molecule is CO[C@@H]1[C@@H](n2cc(-c3cc(F)c(F)c(F)c3)nn2)[C@@H](O)[C@@H](CO)O[C@H]1C(=O)N(c1cc(Br)cc(Br)c1)[C@H]1CCCC[C@@H]1O. The van der Waals surface area contributed by atoms with Crippen molar-refractivity contribution in [3.8, 4) is 11.3 Å². The molecule has 3 aromatic rings. The average Bonchev–Trinajstić information content (AvgIpc) is 3.45. The van der Waals surface area contributed by atoms with Crippen molar-refractivity contribution in [2.75, 3.05) is 18.6 Å². The van der Waals surface area contributed by atoms with Crippen molar-refractivity contribution in [2.24, 2.45) is 0 Å². The van der Waals surface area contributed by atoms with Crippen molar-refractivity contribution in [1.82, 2.24) is 15.0 Å². The Hall–Kier alpha value is -2.40. The lowest BCUT2D eigenvalue weighted by atomic mass is 9.88. The third kappa shape index (κ3) is 6.39. The fourth-order valence-electron chi connectivity index (χ4n) is 5.81. The highest BCUT2D eigenvalue weighted by Gasteiger charge is 2.52. The summed E-state index contributed by atoms with van der Waals surface area (Å²) in [4.78, 5) is 15.9. The molecule has 2 aliphatic rings. The first-order valence-corrected chi connectivity index (χ1v) is 15.1. The number of rotatable bonds is 7. The zero-order chi connectivity index (χ0) is 31.0. The van der Waals surface area contributed by atoms with Gasteiger partial charge in [0.1, 0.15) is 30.0 Å². The average molecular weight is 734 g/mol. The van der Waals surface area contributed by atoms with E-state index in [9.17, 15) is 33.3 Å². The molecule has 2 aromatic carbocycles. The van der Waals surface area contributed by atoms with Crippen LogP contribution in [0, 0.1) is 17.5 Å². The number of anilines is 1. The van der Waals surface area contributed by atoms with Crippen LogP contribution < -0.4 is 4.90 Å². The lowest BCUT2D eigenvalue weighted by Gasteiger charge is -2.46. The maximum Gasteiger partial charge on any atom is 0.259 e. The van der Waals surface area contributed by atoms with Crippen molar-refractivity contribution >= 4 is 43.5 Å². The Labute approximate surface area is 261 Å². The summed E-state index contributed by atoms with van der Waals surface area (Å²) in [6.07, 6.45) is -2.24. The van der Waals surface area contributed by atoms with E-state index in [1.54, 1.807) is 18.2 Å². The van der Waals surface area contributed by atoms with Crippen molar-refractivity contribution in [1.29, 1.82) is 0 Å². The number of aliphatic hydroxyl groups excluding tert-OH is 3. The standard InChI is InChI=1S/C28H29Br2F3N4O6/c1-42-26-24(36-11-19(34-35-36)13-6-17(31)23(33)18(32)7-13)25(40)22(12-38)43-27(26)28(41)37(20-4-2-3-5-21(20)39)16-9-14(29)8-15(30)10-16/h6-11,20-22,24-27,38-40H,2-5,12H2,1H3/t20-,21-,22+,24-,25-,26+,27+/m0/s1. The first-order chi connectivity index (χ1) is 20.5. The van der Waals surface area contributed by atoms with E-state index in [-0.39, 0.29) is 11.3 Å². The van der Waals surface area contributed by atoms with Gasteiger partial charge in [0.25, 0.3) is 5.91 Å². The predicted octanol–water partition coefficient (Wildman–Crippen LogP) is 3.90. The van der Waals surface area contributed by atoms with Crippen LogP contribution in [0.1, 0.15) is 31.7 Å². The van der Waals surface area contributed by atoms with Gasteiger partial charge in [0.2, 0.25) is 0 Å². The number of carbonyl (C=O) groups excluding carboxylic acids is 1. The molecule has 43 heavy (non-hydrogen) atoms. The number of methoxy groups -OCH3 is 1. The van der Waals surface area contributed by atoms with Crippen molar-refractivity contribution in [3.63, 3.8) is 0 Å². The summed E-state index contributed by atoms with van der Waals surface area (Å²) in [5.74, 6) is -5.05.